The van der Waals surface area contributed by atoms with Crippen LogP contribution in [-0.2, 0) is 14.3 Å². The smallest absolute Gasteiger partial charge is 0.305 e. The first kappa shape index (κ1) is 13.9. The first-order valence-electron chi connectivity index (χ1n) is 4.90. The number of amides is 1. The summed E-state index contributed by atoms with van der Waals surface area (Å²) in [7, 11) is 0. The number of hydrogen-bond donors (Lipinski definition) is 3. The fourth-order valence-corrected chi connectivity index (χ4v) is 0.848. The second kappa shape index (κ2) is 8.19. The van der Waals surface area contributed by atoms with Crippen molar-refractivity contribution in [2.75, 3.05) is 19.7 Å². The zero-order valence-electron chi connectivity index (χ0n) is 8.86. The Hall–Kier alpha value is -1.14. The maximum Gasteiger partial charge on any atom is 0.305 e. The Bertz CT molecular complexity index is 208. The lowest BCUT2D eigenvalue weighted by Gasteiger charge is -2.10. The standard InChI is InChI=1S/C9H18N2O4/c1-2-9(14)15-6-7(12)5-8(13)11-4-3-10/h7,12H,2-6,10H2,1H3,(H,11,13). The van der Waals surface area contributed by atoms with E-state index in [9.17, 15) is 14.7 Å². The van der Waals surface area contributed by atoms with Crippen molar-refractivity contribution in [3.8, 4) is 0 Å². The number of carbonyl (C=O) groups is 2. The number of rotatable bonds is 7. The summed E-state index contributed by atoms with van der Waals surface area (Å²) in [6.07, 6.45) is -0.790. The van der Waals surface area contributed by atoms with Gasteiger partial charge in [0, 0.05) is 19.5 Å². The Balaban J connectivity index is 3.59. The average Bonchev–Trinajstić information content (AvgIpc) is 2.22. The van der Waals surface area contributed by atoms with Crippen LogP contribution in [0.1, 0.15) is 19.8 Å². The van der Waals surface area contributed by atoms with Crippen LogP contribution in [0.15, 0.2) is 0 Å². The Morgan fingerprint density at radius 3 is 2.73 bits per heavy atom. The molecule has 0 aliphatic rings. The second-order valence-electron chi connectivity index (χ2n) is 3.03. The Labute approximate surface area is 88.8 Å². The quantitative estimate of drug-likeness (QED) is 0.464. The van der Waals surface area contributed by atoms with Gasteiger partial charge in [-0.1, -0.05) is 6.92 Å². The highest BCUT2D eigenvalue weighted by molar-refractivity contribution is 5.76. The molecule has 0 rings (SSSR count). The van der Waals surface area contributed by atoms with Crippen LogP contribution in [-0.4, -0.2) is 42.8 Å². The Morgan fingerprint density at radius 1 is 1.53 bits per heavy atom. The molecule has 88 valence electrons. The van der Waals surface area contributed by atoms with Gasteiger partial charge in [-0.25, -0.2) is 0 Å². The summed E-state index contributed by atoms with van der Waals surface area (Å²) in [5.74, 6) is -0.697. The molecule has 0 spiro atoms. The zero-order chi connectivity index (χ0) is 11.7. The lowest BCUT2D eigenvalue weighted by atomic mass is 10.2. The van der Waals surface area contributed by atoms with E-state index in [4.69, 9.17) is 5.73 Å². The molecule has 0 aromatic carbocycles. The van der Waals surface area contributed by atoms with Crippen LogP contribution in [0.4, 0.5) is 0 Å². The van der Waals surface area contributed by atoms with Gasteiger partial charge < -0.3 is 20.9 Å². The van der Waals surface area contributed by atoms with Crippen molar-refractivity contribution in [3.63, 3.8) is 0 Å². The molecule has 0 heterocycles. The van der Waals surface area contributed by atoms with Crippen molar-refractivity contribution in [1.82, 2.24) is 5.32 Å². The maximum absolute atomic E-state index is 11.1. The average molecular weight is 218 g/mol. The Kier molecular flexibility index (Phi) is 7.57. The summed E-state index contributed by atoms with van der Waals surface area (Å²) < 4.78 is 4.66. The van der Waals surface area contributed by atoms with E-state index in [2.05, 4.69) is 10.1 Å². The van der Waals surface area contributed by atoms with E-state index in [1.54, 1.807) is 6.92 Å². The van der Waals surface area contributed by atoms with Gasteiger partial charge in [0.1, 0.15) is 6.61 Å². The predicted molar refractivity (Wildman–Crippen MR) is 53.9 cm³/mol. The molecule has 1 unspecified atom stereocenters. The molecule has 0 bridgehead atoms. The van der Waals surface area contributed by atoms with Gasteiger partial charge in [-0.15, -0.1) is 0 Å². The molecular formula is C9H18N2O4. The minimum absolute atomic E-state index is 0.0863. The van der Waals surface area contributed by atoms with Gasteiger partial charge in [0.15, 0.2) is 0 Å². The molecule has 0 aliphatic heterocycles. The molecule has 0 radical (unpaired) electrons. The van der Waals surface area contributed by atoms with Crippen molar-refractivity contribution in [1.29, 1.82) is 0 Å². The number of ether oxygens (including phenoxy) is 1. The van der Waals surface area contributed by atoms with Gasteiger partial charge in [0.25, 0.3) is 0 Å². The van der Waals surface area contributed by atoms with E-state index in [0.717, 1.165) is 0 Å². The molecule has 6 nitrogen and oxygen atoms in total. The fourth-order valence-electron chi connectivity index (χ4n) is 0.848. The van der Waals surface area contributed by atoms with Crippen LogP contribution < -0.4 is 11.1 Å². The highest BCUT2D eigenvalue weighted by atomic mass is 16.5. The number of aliphatic hydroxyl groups is 1. The number of nitrogens with one attached hydrogen (secondary N) is 1. The van der Waals surface area contributed by atoms with E-state index < -0.39 is 12.1 Å². The number of hydrogen-bond acceptors (Lipinski definition) is 5. The summed E-state index contributed by atoms with van der Waals surface area (Å²) in [6, 6.07) is 0. The number of esters is 1. The topological polar surface area (TPSA) is 102 Å². The van der Waals surface area contributed by atoms with Crippen molar-refractivity contribution in [2.45, 2.75) is 25.9 Å². The molecule has 0 saturated heterocycles. The number of nitrogens with two attached hydrogens (primary N) is 1. The summed E-state index contributed by atoms with van der Waals surface area (Å²) in [5, 5.41) is 11.8. The summed E-state index contributed by atoms with van der Waals surface area (Å²) in [4.78, 5) is 21.8. The molecule has 0 saturated carbocycles. The maximum atomic E-state index is 11.1. The van der Waals surface area contributed by atoms with Crippen LogP contribution in [0.2, 0.25) is 0 Å². The van der Waals surface area contributed by atoms with E-state index in [-0.39, 0.29) is 25.4 Å². The fraction of sp³-hybridized carbons (Fsp3) is 0.778. The normalized spacial score (nSPS) is 11.9. The highest BCUT2D eigenvalue weighted by Gasteiger charge is 2.12. The second-order valence-corrected chi connectivity index (χ2v) is 3.03. The number of carbonyl (C=O) groups excluding carboxylic acids is 2. The predicted octanol–water partition coefficient (Wildman–Crippen LogP) is -1.23. The third-order valence-corrected chi connectivity index (χ3v) is 1.61. The molecule has 0 aromatic rings. The van der Waals surface area contributed by atoms with Crippen molar-refractivity contribution in [2.24, 2.45) is 5.73 Å². The van der Waals surface area contributed by atoms with E-state index in [1.807, 2.05) is 0 Å². The molecule has 4 N–H and O–H groups in total. The summed E-state index contributed by atoms with van der Waals surface area (Å²) in [5.41, 5.74) is 5.18. The van der Waals surface area contributed by atoms with E-state index in [1.165, 1.54) is 0 Å². The molecule has 15 heavy (non-hydrogen) atoms. The van der Waals surface area contributed by atoms with Gasteiger partial charge in [-0.3, -0.25) is 9.59 Å². The highest BCUT2D eigenvalue weighted by Crippen LogP contribution is 1.94. The lowest BCUT2D eigenvalue weighted by molar-refractivity contribution is -0.147. The first-order valence-corrected chi connectivity index (χ1v) is 4.90. The first-order chi connectivity index (χ1) is 7.10. The molecule has 0 aromatic heterocycles. The lowest BCUT2D eigenvalue weighted by Crippen LogP contribution is -2.33. The van der Waals surface area contributed by atoms with Crippen molar-refractivity contribution >= 4 is 11.9 Å². The van der Waals surface area contributed by atoms with Crippen LogP contribution in [0.5, 0.6) is 0 Å². The summed E-state index contributed by atoms with van der Waals surface area (Å²) in [6.45, 7) is 2.23. The summed E-state index contributed by atoms with van der Waals surface area (Å²) >= 11 is 0. The SMILES string of the molecule is CCC(=O)OCC(O)CC(=O)NCCN. The van der Waals surface area contributed by atoms with E-state index in [0.29, 0.717) is 13.1 Å². The van der Waals surface area contributed by atoms with E-state index >= 15 is 0 Å². The van der Waals surface area contributed by atoms with Gasteiger partial charge in [-0.2, -0.15) is 0 Å². The molecular weight excluding hydrogens is 200 g/mol. The third kappa shape index (κ3) is 7.90. The molecule has 0 aliphatic carbocycles. The third-order valence-electron chi connectivity index (χ3n) is 1.61. The van der Waals surface area contributed by atoms with Crippen LogP contribution in [0, 0.1) is 0 Å². The zero-order valence-corrected chi connectivity index (χ0v) is 8.86. The van der Waals surface area contributed by atoms with Crippen molar-refractivity contribution in [3.05, 3.63) is 0 Å². The molecule has 1 atom stereocenters. The Morgan fingerprint density at radius 2 is 2.20 bits per heavy atom. The van der Waals surface area contributed by atoms with Crippen LogP contribution in [0.25, 0.3) is 0 Å². The van der Waals surface area contributed by atoms with Gasteiger partial charge in [-0.05, 0) is 0 Å². The van der Waals surface area contributed by atoms with Crippen molar-refractivity contribution < 1.29 is 19.4 Å². The largest absolute Gasteiger partial charge is 0.463 e. The minimum Gasteiger partial charge on any atom is -0.463 e. The van der Waals surface area contributed by atoms with Gasteiger partial charge in [0.05, 0.1) is 12.5 Å². The van der Waals surface area contributed by atoms with Crippen LogP contribution >= 0.6 is 0 Å². The van der Waals surface area contributed by atoms with Crippen LogP contribution in [0.3, 0.4) is 0 Å². The van der Waals surface area contributed by atoms with Gasteiger partial charge >= 0.3 is 5.97 Å². The minimum atomic E-state index is -0.960. The molecule has 0 fully saturated rings. The monoisotopic (exact) mass is 218 g/mol. The van der Waals surface area contributed by atoms with Gasteiger partial charge in [0.2, 0.25) is 5.91 Å². The molecule has 1 amide bonds. The number of aliphatic hydroxyl groups excluding tert-OH is 1. The molecule has 6 heteroatoms.